The molecule has 1 N–H and O–H groups in total. The molecule has 0 unspecified atom stereocenters. The Labute approximate surface area is 108 Å². The van der Waals surface area contributed by atoms with Crippen LogP contribution in [0.25, 0.3) is 0 Å². The lowest BCUT2D eigenvalue weighted by Gasteiger charge is -2.34. The van der Waals surface area contributed by atoms with Crippen LogP contribution in [0.3, 0.4) is 0 Å². The Morgan fingerprint density at radius 2 is 2.12 bits per heavy atom. The fourth-order valence-electron chi connectivity index (χ4n) is 1.57. The maximum Gasteiger partial charge on any atom is 0.243 e. The highest BCUT2D eigenvalue weighted by Gasteiger charge is 2.35. The quantitative estimate of drug-likeness (QED) is 0.895. The number of halogens is 1. The molecule has 0 aromatic heterocycles. The predicted molar refractivity (Wildman–Crippen MR) is 65.5 cm³/mol. The topological polar surface area (TPSA) is 66.8 Å². The van der Waals surface area contributed by atoms with Gasteiger partial charge in [0.05, 0.1) is 22.6 Å². The maximum absolute atomic E-state index is 12.1. The molecule has 1 aliphatic heterocycles. The number of methoxy groups -OCH3 is 1. The Hall–Kier alpha value is -0.630. The van der Waals surface area contributed by atoms with Gasteiger partial charge in [-0.15, -0.1) is 0 Å². The molecule has 1 aromatic carbocycles. The molecular weight excluding hydrogens is 310 g/mol. The van der Waals surface area contributed by atoms with E-state index in [4.69, 9.17) is 9.84 Å². The molecule has 17 heavy (non-hydrogen) atoms. The van der Waals surface area contributed by atoms with Crippen LogP contribution in [0.1, 0.15) is 0 Å². The third-order valence-corrected chi connectivity index (χ3v) is 5.04. The molecule has 1 aromatic rings. The molecule has 1 aliphatic rings. The van der Waals surface area contributed by atoms with Crippen molar-refractivity contribution in [3.63, 3.8) is 0 Å². The van der Waals surface area contributed by atoms with Gasteiger partial charge in [-0.1, -0.05) is 0 Å². The van der Waals surface area contributed by atoms with Crippen molar-refractivity contribution >= 4 is 26.0 Å². The molecule has 7 heteroatoms. The zero-order chi connectivity index (χ0) is 12.6. The summed E-state index contributed by atoms with van der Waals surface area (Å²) in [6, 6.07) is 4.58. The lowest BCUT2D eigenvalue weighted by molar-refractivity contribution is 0.0548. The average molecular weight is 322 g/mol. The van der Waals surface area contributed by atoms with Gasteiger partial charge in [-0.3, -0.25) is 0 Å². The van der Waals surface area contributed by atoms with Crippen LogP contribution in [0.4, 0.5) is 0 Å². The van der Waals surface area contributed by atoms with Crippen LogP contribution in [0, 0.1) is 0 Å². The summed E-state index contributed by atoms with van der Waals surface area (Å²) in [6.45, 7) is 0.317. The van der Waals surface area contributed by atoms with Crippen LogP contribution in [0.2, 0.25) is 0 Å². The molecule has 2 rings (SSSR count). The second-order valence-corrected chi connectivity index (χ2v) is 6.56. The number of rotatable bonds is 3. The SMILES string of the molecule is COc1ccc(S(=O)(=O)N2CC(O)C2)cc1Br. The fourth-order valence-corrected chi connectivity index (χ4v) is 3.80. The van der Waals surface area contributed by atoms with E-state index in [0.29, 0.717) is 10.2 Å². The lowest BCUT2D eigenvalue weighted by atomic mass is 10.2. The van der Waals surface area contributed by atoms with Crippen LogP contribution >= 0.6 is 15.9 Å². The Morgan fingerprint density at radius 1 is 1.47 bits per heavy atom. The van der Waals surface area contributed by atoms with Gasteiger partial charge in [0.1, 0.15) is 5.75 Å². The summed E-state index contributed by atoms with van der Waals surface area (Å²) < 4.78 is 31.0. The highest BCUT2D eigenvalue weighted by atomic mass is 79.9. The smallest absolute Gasteiger partial charge is 0.243 e. The van der Waals surface area contributed by atoms with Crippen LogP contribution in [0.15, 0.2) is 27.6 Å². The number of β-amino-alcohol motifs (C(OH)–C–C–N with tert-alkyl or cyclic N) is 1. The van der Waals surface area contributed by atoms with Crippen LogP contribution in [0.5, 0.6) is 5.75 Å². The van der Waals surface area contributed by atoms with Crippen molar-refractivity contribution < 1.29 is 18.3 Å². The van der Waals surface area contributed by atoms with Crippen molar-refractivity contribution in [3.8, 4) is 5.75 Å². The molecule has 5 nitrogen and oxygen atoms in total. The van der Waals surface area contributed by atoms with Gasteiger partial charge in [-0.05, 0) is 34.1 Å². The Balaban J connectivity index is 2.31. The Bertz CT molecular complexity index is 525. The number of benzene rings is 1. The van der Waals surface area contributed by atoms with E-state index in [2.05, 4.69) is 15.9 Å². The Kier molecular flexibility index (Phi) is 3.44. The number of aliphatic hydroxyl groups is 1. The van der Waals surface area contributed by atoms with Crippen LogP contribution in [-0.4, -0.2) is 44.1 Å². The summed E-state index contributed by atoms with van der Waals surface area (Å²) in [5.41, 5.74) is 0. The summed E-state index contributed by atoms with van der Waals surface area (Å²) >= 11 is 3.24. The third kappa shape index (κ3) is 2.33. The van der Waals surface area contributed by atoms with E-state index >= 15 is 0 Å². The van der Waals surface area contributed by atoms with Crippen molar-refractivity contribution in [2.24, 2.45) is 0 Å². The zero-order valence-electron chi connectivity index (χ0n) is 9.13. The average Bonchev–Trinajstić information content (AvgIpc) is 2.24. The fraction of sp³-hybridized carbons (Fsp3) is 0.400. The molecule has 0 saturated carbocycles. The minimum Gasteiger partial charge on any atom is -0.496 e. The van der Waals surface area contributed by atoms with Gasteiger partial charge in [0.25, 0.3) is 0 Å². The number of hydrogen-bond acceptors (Lipinski definition) is 4. The van der Waals surface area contributed by atoms with Crippen molar-refractivity contribution in [1.29, 1.82) is 0 Å². The van der Waals surface area contributed by atoms with Crippen molar-refractivity contribution in [2.45, 2.75) is 11.0 Å². The molecular formula is C10H12BrNO4S. The van der Waals surface area contributed by atoms with Gasteiger partial charge in [-0.2, -0.15) is 4.31 Å². The van der Waals surface area contributed by atoms with E-state index in [-0.39, 0.29) is 18.0 Å². The molecule has 1 fully saturated rings. The minimum atomic E-state index is -3.49. The van der Waals surface area contributed by atoms with E-state index < -0.39 is 16.1 Å². The van der Waals surface area contributed by atoms with E-state index in [1.807, 2.05) is 0 Å². The highest BCUT2D eigenvalue weighted by molar-refractivity contribution is 9.10. The summed E-state index contributed by atoms with van der Waals surface area (Å²) in [4.78, 5) is 0.192. The number of hydrogen-bond donors (Lipinski definition) is 1. The standard InChI is InChI=1S/C10H12BrNO4S/c1-16-10-3-2-8(4-9(10)11)17(14,15)12-5-7(13)6-12/h2-4,7,13H,5-6H2,1H3. The molecule has 0 amide bonds. The molecule has 94 valence electrons. The number of sulfonamides is 1. The van der Waals surface area contributed by atoms with Gasteiger partial charge >= 0.3 is 0 Å². The second-order valence-electron chi connectivity index (χ2n) is 3.77. The van der Waals surface area contributed by atoms with Crippen molar-refractivity contribution in [3.05, 3.63) is 22.7 Å². The molecule has 0 spiro atoms. The number of aliphatic hydroxyl groups excluding tert-OH is 1. The van der Waals surface area contributed by atoms with Gasteiger partial charge in [0, 0.05) is 13.1 Å². The summed E-state index contributed by atoms with van der Waals surface area (Å²) in [5.74, 6) is 0.576. The maximum atomic E-state index is 12.1. The predicted octanol–water partition coefficient (Wildman–Crippen LogP) is 0.823. The first kappa shape index (κ1) is 12.8. The molecule has 0 atom stereocenters. The van der Waals surface area contributed by atoms with Crippen LogP contribution in [-0.2, 0) is 10.0 Å². The van der Waals surface area contributed by atoms with Crippen molar-refractivity contribution in [2.75, 3.05) is 20.2 Å². The van der Waals surface area contributed by atoms with E-state index in [1.165, 1.54) is 23.5 Å². The summed E-state index contributed by atoms with van der Waals surface area (Å²) in [6.07, 6.45) is -0.550. The molecule has 1 saturated heterocycles. The number of ether oxygens (including phenoxy) is 1. The van der Waals surface area contributed by atoms with Gasteiger partial charge < -0.3 is 9.84 Å². The highest BCUT2D eigenvalue weighted by Crippen LogP contribution is 2.30. The van der Waals surface area contributed by atoms with E-state index in [1.54, 1.807) is 6.07 Å². The normalized spacial score (nSPS) is 17.8. The minimum absolute atomic E-state index is 0.159. The largest absolute Gasteiger partial charge is 0.496 e. The molecule has 0 bridgehead atoms. The molecule has 0 aliphatic carbocycles. The first-order chi connectivity index (χ1) is 7.95. The van der Waals surface area contributed by atoms with Gasteiger partial charge in [-0.25, -0.2) is 8.42 Å². The van der Waals surface area contributed by atoms with Crippen LogP contribution < -0.4 is 4.74 Å². The first-order valence-corrected chi connectivity index (χ1v) is 7.20. The first-order valence-electron chi connectivity index (χ1n) is 4.97. The second kappa shape index (κ2) is 4.56. The zero-order valence-corrected chi connectivity index (χ0v) is 11.5. The third-order valence-electron chi connectivity index (χ3n) is 2.59. The Morgan fingerprint density at radius 3 is 2.59 bits per heavy atom. The monoisotopic (exact) mass is 321 g/mol. The van der Waals surface area contributed by atoms with Gasteiger partial charge in [0.15, 0.2) is 0 Å². The summed E-state index contributed by atoms with van der Waals surface area (Å²) in [7, 11) is -1.98. The number of nitrogens with zero attached hydrogens (tertiary/aromatic N) is 1. The summed E-state index contributed by atoms with van der Waals surface area (Å²) in [5, 5.41) is 9.13. The van der Waals surface area contributed by atoms with Crippen molar-refractivity contribution in [1.82, 2.24) is 4.31 Å². The lowest BCUT2D eigenvalue weighted by Crippen LogP contribution is -2.53. The molecule has 0 radical (unpaired) electrons. The van der Waals surface area contributed by atoms with E-state index in [0.717, 1.165) is 0 Å². The molecule has 1 heterocycles. The van der Waals surface area contributed by atoms with Gasteiger partial charge in [0.2, 0.25) is 10.0 Å². The van der Waals surface area contributed by atoms with E-state index in [9.17, 15) is 8.42 Å².